The maximum Gasteiger partial charge on any atom is 0.360 e. The first-order valence-corrected chi connectivity index (χ1v) is 14.4. The lowest BCUT2D eigenvalue weighted by Gasteiger charge is -2.07. The lowest BCUT2D eigenvalue weighted by molar-refractivity contribution is 0.0514. The summed E-state index contributed by atoms with van der Waals surface area (Å²) in [5, 5.41) is 8.81. The Morgan fingerprint density at radius 3 is 1.73 bits per heavy atom. The first kappa shape index (κ1) is 27.1. The predicted molar refractivity (Wildman–Crippen MR) is 150 cm³/mol. The van der Waals surface area contributed by atoms with Crippen LogP contribution in [0, 0.1) is 0 Å². The van der Waals surface area contributed by atoms with E-state index in [1.54, 1.807) is 19.1 Å². The van der Waals surface area contributed by atoms with Crippen molar-refractivity contribution in [2.24, 2.45) is 0 Å². The predicted octanol–water partition coefficient (Wildman–Crippen LogP) is 5.51. The lowest BCUT2D eigenvalue weighted by Crippen LogP contribution is -2.07. The molecule has 0 saturated carbocycles. The number of carbonyl (C=O) groups is 2. The highest BCUT2D eigenvalue weighted by Gasteiger charge is 2.28. The lowest BCUT2D eigenvalue weighted by atomic mass is 10.3. The summed E-state index contributed by atoms with van der Waals surface area (Å²) >= 11 is 6.86. The molecule has 0 radical (unpaired) electrons. The standard InChI is InChI=1S/C23H20Br2N6O4S2/c1-3-35-23(33)17-19(21(27)31(29-17)15-9-5-7-13(25)11-15)37-36-18-16(22(32)34-2)28-30(20(18)26)14-8-4-6-12(24)10-14/h4-11H,3,26-27H2,1-2H3. The maximum atomic E-state index is 12.7. The molecule has 0 spiro atoms. The number of methoxy groups -OCH3 is 1. The van der Waals surface area contributed by atoms with Gasteiger partial charge in [-0.1, -0.05) is 44.0 Å². The second-order valence-electron chi connectivity index (χ2n) is 7.29. The first-order valence-electron chi connectivity index (χ1n) is 10.6. The molecule has 2 aromatic heterocycles. The van der Waals surface area contributed by atoms with Gasteiger partial charge in [-0.05, 0) is 64.9 Å². The van der Waals surface area contributed by atoms with Gasteiger partial charge >= 0.3 is 11.9 Å². The van der Waals surface area contributed by atoms with E-state index in [-0.39, 0.29) is 29.6 Å². The van der Waals surface area contributed by atoms with E-state index < -0.39 is 11.9 Å². The molecule has 2 aromatic carbocycles. The minimum absolute atomic E-state index is 0.0214. The molecule has 4 rings (SSSR count). The Balaban J connectivity index is 1.77. The van der Waals surface area contributed by atoms with Crippen molar-refractivity contribution in [2.75, 3.05) is 25.2 Å². The number of halogens is 2. The van der Waals surface area contributed by atoms with E-state index in [0.717, 1.165) is 30.5 Å². The Morgan fingerprint density at radius 1 is 0.865 bits per heavy atom. The van der Waals surface area contributed by atoms with Gasteiger partial charge in [-0.25, -0.2) is 19.0 Å². The summed E-state index contributed by atoms with van der Waals surface area (Å²) in [6.45, 7) is 1.87. The minimum Gasteiger partial charge on any atom is -0.464 e. The summed E-state index contributed by atoms with van der Waals surface area (Å²) in [6.07, 6.45) is 0. The monoisotopic (exact) mass is 666 g/mol. The molecule has 0 atom stereocenters. The molecule has 0 amide bonds. The quantitative estimate of drug-likeness (QED) is 0.183. The Morgan fingerprint density at radius 2 is 1.32 bits per heavy atom. The fourth-order valence-corrected chi connectivity index (χ4v) is 6.43. The molecule has 0 fully saturated rings. The van der Waals surface area contributed by atoms with Crippen LogP contribution in [0.25, 0.3) is 11.4 Å². The summed E-state index contributed by atoms with van der Waals surface area (Å²) < 4.78 is 14.7. The molecular weight excluding hydrogens is 648 g/mol. The number of hydrogen-bond donors (Lipinski definition) is 2. The summed E-state index contributed by atoms with van der Waals surface area (Å²) in [5.41, 5.74) is 14.2. The van der Waals surface area contributed by atoms with Gasteiger partial charge in [0.1, 0.15) is 11.6 Å². The third-order valence-corrected chi connectivity index (χ3v) is 8.37. The van der Waals surface area contributed by atoms with Crippen LogP contribution in [0.4, 0.5) is 11.6 Å². The van der Waals surface area contributed by atoms with Gasteiger partial charge in [0.05, 0.1) is 34.9 Å². The number of benzene rings is 2. The molecule has 0 aliphatic rings. The molecule has 10 nitrogen and oxygen atoms in total. The van der Waals surface area contributed by atoms with E-state index in [0.29, 0.717) is 21.2 Å². The zero-order valence-corrected chi connectivity index (χ0v) is 24.3. The number of nitrogens with two attached hydrogens (primary N) is 2. The average molecular weight is 668 g/mol. The third-order valence-electron chi connectivity index (χ3n) is 4.91. The van der Waals surface area contributed by atoms with Gasteiger partial charge in [0.2, 0.25) is 0 Å². The summed E-state index contributed by atoms with van der Waals surface area (Å²) in [5.74, 6) is -0.855. The second-order valence-corrected chi connectivity index (χ2v) is 11.3. The van der Waals surface area contributed by atoms with Crippen molar-refractivity contribution in [2.45, 2.75) is 16.7 Å². The second kappa shape index (κ2) is 11.6. The van der Waals surface area contributed by atoms with Gasteiger partial charge in [-0.15, -0.1) is 0 Å². The molecular formula is C23H20Br2N6O4S2. The molecule has 0 unspecified atom stereocenters. The number of aromatic nitrogens is 4. The summed E-state index contributed by atoms with van der Waals surface area (Å²) in [6, 6.07) is 14.6. The van der Waals surface area contributed by atoms with Crippen molar-refractivity contribution in [1.82, 2.24) is 19.6 Å². The maximum absolute atomic E-state index is 12.7. The molecule has 4 N–H and O–H groups in total. The molecule has 0 bridgehead atoms. The number of nitrogens with zero attached hydrogens (tertiary/aromatic N) is 4. The summed E-state index contributed by atoms with van der Waals surface area (Å²) in [4.78, 5) is 26.0. The van der Waals surface area contributed by atoms with Crippen LogP contribution in [0.3, 0.4) is 0 Å². The highest BCUT2D eigenvalue weighted by molar-refractivity contribution is 9.10. The van der Waals surface area contributed by atoms with E-state index in [1.807, 2.05) is 36.4 Å². The number of anilines is 2. The van der Waals surface area contributed by atoms with Gasteiger partial charge in [-0.3, -0.25) is 0 Å². The van der Waals surface area contributed by atoms with Crippen LogP contribution in [0.2, 0.25) is 0 Å². The van der Waals surface area contributed by atoms with Crippen molar-refractivity contribution >= 4 is 77.0 Å². The molecule has 2 heterocycles. The van der Waals surface area contributed by atoms with Crippen molar-refractivity contribution in [3.63, 3.8) is 0 Å². The van der Waals surface area contributed by atoms with Crippen molar-refractivity contribution in [3.8, 4) is 11.4 Å². The number of carbonyl (C=O) groups excluding carboxylic acids is 2. The molecule has 0 aliphatic carbocycles. The number of ether oxygens (including phenoxy) is 2. The summed E-state index contributed by atoms with van der Waals surface area (Å²) in [7, 11) is 3.49. The Kier molecular flexibility index (Phi) is 8.52. The first-order chi connectivity index (χ1) is 17.7. The normalized spacial score (nSPS) is 10.9. The topological polar surface area (TPSA) is 140 Å². The van der Waals surface area contributed by atoms with Gasteiger partial charge in [0.25, 0.3) is 0 Å². The fourth-order valence-electron chi connectivity index (χ4n) is 3.25. The smallest absolute Gasteiger partial charge is 0.360 e. The van der Waals surface area contributed by atoms with Crippen LogP contribution >= 0.6 is 53.4 Å². The van der Waals surface area contributed by atoms with E-state index >= 15 is 0 Å². The highest BCUT2D eigenvalue weighted by Crippen LogP contribution is 2.46. The largest absolute Gasteiger partial charge is 0.464 e. The number of esters is 2. The van der Waals surface area contributed by atoms with Crippen LogP contribution in [0.15, 0.2) is 67.3 Å². The number of hydrogen-bond acceptors (Lipinski definition) is 10. The molecule has 14 heteroatoms. The average Bonchev–Trinajstić information content (AvgIpc) is 3.39. The van der Waals surface area contributed by atoms with Crippen molar-refractivity contribution in [1.29, 1.82) is 0 Å². The van der Waals surface area contributed by atoms with Gasteiger partial charge in [-0.2, -0.15) is 10.2 Å². The zero-order chi connectivity index (χ0) is 26.7. The fraction of sp³-hybridized carbons (Fsp3) is 0.130. The van der Waals surface area contributed by atoms with Gasteiger partial charge in [0, 0.05) is 8.95 Å². The van der Waals surface area contributed by atoms with E-state index in [1.165, 1.54) is 16.5 Å². The molecule has 4 aromatic rings. The highest BCUT2D eigenvalue weighted by atomic mass is 79.9. The van der Waals surface area contributed by atoms with Crippen molar-refractivity contribution in [3.05, 3.63) is 68.9 Å². The van der Waals surface area contributed by atoms with Crippen LogP contribution in [-0.4, -0.2) is 45.2 Å². The minimum atomic E-state index is -0.660. The zero-order valence-electron chi connectivity index (χ0n) is 19.5. The van der Waals surface area contributed by atoms with E-state index in [2.05, 4.69) is 42.1 Å². The van der Waals surface area contributed by atoms with Gasteiger partial charge < -0.3 is 20.9 Å². The van der Waals surface area contributed by atoms with Gasteiger partial charge in [0.15, 0.2) is 11.4 Å². The van der Waals surface area contributed by atoms with Crippen LogP contribution in [0.1, 0.15) is 27.9 Å². The van der Waals surface area contributed by atoms with Crippen LogP contribution in [0.5, 0.6) is 0 Å². The van der Waals surface area contributed by atoms with Crippen LogP contribution in [-0.2, 0) is 9.47 Å². The molecule has 0 saturated heterocycles. The molecule has 37 heavy (non-hydrogen) atoms. The van der Waals surface area contributed by atoms with E-state index in [4.69, 9.17) is 20.9 Å². The third kappa shape index (κ3) is 5.66. The van der Waals surface area contributed by atoms with Crippen LogP contribution < -0.4 is 11.5 Å². The Hall–Kier alpha value is -2.94. The van der Waals surface area contributed by atoms with E-state index in [9.17, 15) is 9.59 Å². The SMILES string of the molecule is CCOC(=O)c1nn(-c2cccc(Br)c2)c(N)c1SSc1c(C(=O)OC)nn(-c2cccc(Br)c2)c1N. The van der Waals surface area contributed by atoms with Crippen molar-refractivity contribution < 1.29 is 19.1 Å². The number of rotatable bonds is 8. The molecule has 192 valence electrons. The Bertz CT molecular complexity index is 1490. The number of nitrogen functional groups attached to an aromatic ring is 2. The molecule has 0 aliphatic heterocycles. The Labute approximate surface area is 236 Å².